The summed E-state index contributed by atoms with van der Waals surface area (Å²) >= 11 is 11.8. The first kappa shape index (κ1) is 91.6. The predicted octanol–water partition coefficient (Wildman–Crippen LogP) is 34.5. The maximum Gasteiger partial charge on any atom is 0.270 e. The molecule has 0 aliphatic carbocycles. The fourth-order valence-electron chi connectivity index (χ4n) is 20.4. The summed E-state index contributed by atoms with van der Waals surface area (Å²) in [7, 11) is 0. The van der Waals surface area contributed by atoms with Crippen molar-refractivity contribution in [2.45, 2.75) is 6.92 Å². The number of hydrogen-bond acceptors (Lipinski definition) is 9. The number of para-hydroxylation sites is 2. The Labute approximate surface area is 884 Å². The molecular weight excluding hydrogens is 2200 g/mol. The van der Waals surface area contributed by atoms with E-state index in [1.54, 1.807) is 36.4 Å². The van der Waals surface area contributed by atoms with E-state index < -0.39 is 0 Å². The molecule has 26 heteroatoms. The van der Waals surface area contributed by atoms with E-state index in [1.807, 2.05) is 140 Å². The van der Waals surface area contributed by atoms with Crippen molar-refractivity contribution in [3.63, 3.8) is 0 Å². The maximum atomic E-state index is 13.8. The monoisotopic (exact) mass is 2280 g/mol. The summed E-state index contributed by atoms with van der Waals surface area (Å²) in [6.07, 6.45) is 7.77. The molecule has 148 heavy (non-hydrogen) atoms. The molecule has 29 aromatic rings. The highest BCUT2D eigenvalue weighted by Gasteiger charge is 2.27. The highest BCUT2D eigenvalue weighted by atomic mass is 127. The zero-order valence-corrected chi connectivity index (χ0v) is 85.7. The molecule has 29 rings (SSSR count). The molecule has 0 spiro atoms. The average Bonchev–Trinajstić information content (AvgIpc) is 1.56. The Morgan fingerprint density at radius 2 is 0.622 bits per heavy atom. The van der Waals surface area contributed by atoms with Gasteiger partial charge in [0, 0.05) is 208 Å². The van der Waals surface area contributed by atoms with Crippen LogP contribution >= 0.6 is 77.0 Å². The number of aromatic nitrogens is 15. The summed E-state index contributed by atoms with van der Waals surface area (Å²) in [6, 6.07) is 123. The van der Waals surface area contributed by atoms with E-state index in [4.69, 9.17) is 24.9 Å². The second-order valence-corrected chi connectivity index (χ2v) is 40.4. The van der Waals surface area contributed by atoms with Gasteiger partial charge in [0.05, 0.1) is 65.7 Å². The summed E-state index contributed by atoms with van der Waals surface area (Å²) in [4.78, 5) is 81.2. The number of rotatable bonds is 12. The van der Waals surface area contributed by atoms with Gasteiger partial charge in [-0.3, -0.25) is 20.2 Å². The van der Waals surface area contributed by atoms with Gasteiger partial charge in [-0.05, 0) is 199 Å². The molecule has 10 heterocycles. The van der Waals surface area contributed by atoms with Gasteiger partial charge in [0.15, 0.2) is 0 Å². The number of halogens is 5. The number of aromatic amines is 10. The van der Waals surface area contributed by atoms with E-state index in [1.165, 1.54) is 40.5 Å². The number of H-pyrrole nitrogens is 10. The molecule has 710 valence electrons. The first-order valence-corrected chi connectivity index (χ1v) is 51.4. The quantitative estimate of drug-likeness (QED) is 0.0240. The predicted molar refractivity (Wildman–Crippen MR) is 623 cm³/mol. The van der Waals surface area contributed by atoms with E-state index in [0.717, 1.165) is 253 Å². The van der Waals surface area contributed by atoms with E-state index in [9.17, 15) is 24.6 Å². The van der Waals surface area contributed by atoms with Crippen LogP contribution in [0.1, 0.15) is 5.69 Å². The van der Waals surface area contributed by atoms with Gasteiger partial charge < -0.3 is 49.8 Å². The van der Waals surface area contributed by atoms with Gasteiger partial charge in [-0.2, -0.15) is 0 Å². The lowest BCUT2D eigenvalue weighted by Crippen LogP contribution is -1.88. The third kappa shape index (κ3) is 16.9. The Morgan fingerprint density at radius 1 is 0.270 bits per heavy atom. The summed E-state index contributed by atoms with van der Waals surface area (Å²) in [5.74, 6) is 3.68. The molecule has 19 aromatic carbocycles. The molecule has 21 nitrogen and oxygen atoms in total. The highest BCUT2D eigenvalue weighted by molar-refractivity contribution is 14.1. The van der Waals surface area contributed by atoms with E-state index in [0.29, 0.717) is 0 Å². The number of benzene rings is 19. The van der Waals surface area contributed by atoms with Crippen LogP contribution in [0, 0.1) is 40.1 Å². The molecule has 0 saturated carbocycles. The van der Waals surface area contributed by atoms with Crippen LogP contribution in [0.25, 0.3) is 265 Å². The van der Waals surface area contributed by atoms with Crippen LogP contribution in [0.3, 0.4) is 0 Å². The van der Waals surface area contributed by atoms with Crippen molar-refractivity contribution in [1.82, 2.24) is 74.8 Å². The standard InChI is InChI=1S/C30H23N3.C23H14BrI2N3.C23H13BrN4O2.C23H14FN3.C23H14N4O2/c1-20-27(25-14-8-9-15-26(25)31-20)30-32-28(23-12-6-3-7-13-23)29(33-30)24-18-16-22(17-19-24)21-10-4-2-5-11-21;24-15-7-8-20-18(11-15)19(12-27-20)23-28-21(13-3-1-5-16(25)9-13)22(29-23)14-4-2-6-17(26)10-14;24-12-5-8-20-17(9-12)19(11-25-20)23-26-21-16-4-2-1-3-14(16)15-7-6-13(28(29)30)10-18(15)22(21)27-23;24-13-9-10-20-18(11-13)19(12-25-20)23-26-21-16-7-3-1-5-14(16)15-6-2-4-8-17(15)22(21)27-23;28-27(29)13-9-10-15-14-5-1-2-7-17(14)21-22(18(15)11-13)26-23(25-21)19-12-24-20-8-4-3-6-16(19)20/h2-19,31H,1H3,(H,32,33);1-12,27H,(H,28,29);1-11,25H,(H,26,27);1-12,25H,(H,26,27);1-12,24H,(H,25,26). The van der Waals surface area contributed by atoms with Gasteiger partial charge in [0.2, 0.25) is 0 Å². The molecule has 0 aliphatic rings. The molecular formula is C122H78Br2FI2N17O4. The number of non-ortho nitro benzene ring substituents is 2. The van der Waals surface area contributed by atoms with Gasteiger partial charge >= 0.3 is 0 Å². The van der Waals surface area contributed by atoms with Crippen LogP contribution < -0.4 is 0 Å². The second kappa shape index (κ2) is 38.2. The minimum Gasteiger partial charge on any atom is -0.360 e. The molecule has 10 aromatic heterocycles. The number of imidazole rings is 5. The number of fused-ring (bicyclic) bond motifs is 23. The van der Waals surface area contributed by atoms with Crippen molar-refractivity contribution >= 4 is 241 Å². The minimum absolute atomic E-state index is 0.0552. The Hall–Kier alpha value is -17.6. The number of hydrogen-bond donors (Lipinski definition) is 10. The zero-order chi connectivity index (χ0) is 100. The minimum atomic E-state index is -0.370. The smallest absolute Gasteiger partial charge is 0.270 e. The lowest BCUT2D eigenvalue weighted by atomic mass is 9.99. The summed E-state index contributed by atoms with van der Waals surface area (Å²) in [6.45, 7) is 2.11. The Bertz CT molecular complexity index is 10200. The van der Waals surface area contributed by atoms with Crippen LogP contribution in [-0.4, -0.2) is 84.6 Å². The number of nitrogens with one attached hydrogen (secondary N) is 10. The molecule has 0 saturated heterocycles. The Kier molecular flexibility index (Phi) is 23.6. The molecule has 0 aliphatic heterocycles. The summed E-state index contributed by atoms with van der Waals surface area (Å²) in [5.41, 5.74) is 27.4. The number of nitro groups is 2. The van der Waals surface area contributed by atoms with Crippen molar-refractivity contribution in [3.8, 4) is 113 Å². The highest BCUT2D eigenvalue weighted by Crippen LogP contribution is 2.46. The van der Waals surface area contributed by atoms with Gasteiger partial charge in [-0.25, -0.2) is 29.3 Å². The second-order valence-electron chi connectivity index (χ2n) is 36.1. The lowest BCUT2D eigenvalue weighted by molar-refractivity contribution is -0.384. The van der Waals surface area contributed by atoms with Gasteiger partial charge in [0.1, 0.15) is 34.9 Å². The Balaban J connectivity index is 0.0000000962. The van der Waals surface area contributed by atoms with Crippen molar-refractivity contribution in [3.05, 3.63) is 443 Å². The largest absolute Gasteiger partial charge is 0.360 e. The first-order valence-electron chi connectivity index (χ1n) is 47.6. The Morgan fingerprint density at radius 3 is 1.13 bits per heavy atom. The zero-order valence-electron chi connectivity index (χ0n) is 78.2. The van der Waals surface area contributed by atoms with Crippen molar-refractivity contribution < 1.29 is 14.2 Å². The normalized spacial score (nSPS) is 11.6. The third-order valence-corrected chi connectivity index (χ3v) is 29.6. The number of nitrogens with zero attached hydrogens (tertiary/aromatic N) is 7. The van der Waals surface area contributed by atoms with Gasteiger partial charge in [0.25, 0.3) is 11.4 Å². The van der Waals surface area contributed by atoms with Crippen LogP contribution in [0.5, 0.6) is 0 Å². The van der Waals surface area contributed by atoms with E-state index in [-0.39, 0.29) is 27.0 Å². The van der Waals surface area contributed by atoms with Crippen molar-refractivity contribution in [2.24, 2.45) is 0 Å². The molecule has 0 atom stereocenters. The van der Waals surface area contributed by atoms with Crippen LogP contribution in [-0.2, 0) is 0 Å². The number of aryl methyl sites for hydroxylation is 1. The summed E-state index contributed by atoms with van der Waals surface area (Å²) in [5, 5.41) is 40.2. The third-order valence-electron chi connectivity index (χ3n) is 27.3. The van der Waals surface area contributed by atoms with Crippen LogP contribution in [0.2, 0.25) is 0 Å². The topological polar surface area (TPSA) is 309 Å². The van der Waals surface area contributed by atoms with Gasteiger partial charge in [-0.1, -0.05) is 275 Å². The fourth-order valence-corrected chi connectivity index (χ4v) is 22.2. The molecule has 0 radical (unpaired) electrons. The van der Waals surface area contributed by atoms with Crippen molar-refractivity contribution in [1.29, 1.82) is 0 Å². The summed E-state index contributed by atoms with van der Waals surface area (Å²) < 4.78 is 18.2. The SMILES string of the molecule is Brc1ccc2[nH]cc(-c3nc(-c4cccc(I)c4)c(-c4cccc(I)c4)[nH]3)c2c1.Cc1[nH]c2ccccc2c1-c1nc(-c2ccccc2)c(-c2ccc(-c3ccccc3)cc2)[nH]1.Fc1ccc2[nH]cc(-c3nc4c5ccccc5c5ccccc5c4[nH]3)c2c1.O=[N+]([O-])c1ccc2c3ccccc3c3[nH]c(-c4c[nH]c5ccc(Br)cc45)nc3c2c1.O=[N+]([O-])c1ccc2c3ccccc3c3[nH]c(-c4c[nH]c5ccccc45)nc3c2c1. The fraction of sp³-hybridized carbons (Fsp3) is 0.00820. The molecule has 0 bridgehead atoms. The lowest BCUT2D eigenvalue weighted by Gasteiger charge is -2.06. The van der Waals surface area contributed by atoms with Gasteiger partial charge in [-0.15, -0.1) is 0 Å². The van der Waals surface area contributed by atoms with E-state index >= 15 is 0 Å². The first-order chi connectivity index (χ1) is 72.5. The molecule has 0 amide bonds. The van der Waals surface area contributed by atoms with Crippen LogP contribution in [0.15, 0.2) is 404 Å². The molecule has 0 fully saturated rings. The molecule has 0 unspecified atom stereocenters. The average molecular weight is 2280 g/mol. The number of nitro benzene ring substituents is 2. The molecule has 10 N–H and O–H groups in total. The maximum absolute atomic E-state index is 13.8. The van der Waals surface area contributed by atoms with Crippen LogP contribution in [0.4, 0.5) is 15.8 Å². The van der Waals surface area contributed by atoms with E-state index in [2.05, 4.69) is 346 Å². The van der Waals surface area contributed by atoms with Crippen molar-refractivity contribution in [2.75, 3.05) is 0 Å².